The molecule has 0 spiro atoms. The standard InChI is InChI=1S/C10H8N4O/c1-7(15)13-4-2-8-10(13)12-6-9-11-3-5-14(8)9/h2-6H,1H3. The highest BCUT2D eigenvalue weighted by molar-refractivity contribution is 5.88. The Morgan fingerprint density at radius 1 is 1.33 bits per heavy atom. The molecule has 0 amide bonds. The SMILES string of the molecule is CC(=O)n1ccc2c1ncc1nccn12. The van der Waals surface area contributed by atoms with E-state index in [1.54, 1.807) is 18.6 Å². The maximum absolute atomic E-state index is 11.3. The zero-order chi connectivity index (χ0) is 10.4. The number of rotatable bonds is 0. The Bertz CT molecular complexity index is 664. The van der Waals surface area contributed by atoms with Crippen molar-refractivity contribution in [2.45, 2.75) is 6.92 Å². The third-order valence-electron chi connectivity index (χ3n) is 2.41. The van der Waals surface area contributed by atoms with Gasteiger partial charge in [0.05, 0.1) is 11.7 Å². The second kappa shape index (κ2) is 2.66. The smallest absolute Gasteiger partial charge is 0.229 e. The van der Waals surface area contributed by atoms with E-state index in [1.807, 2.05) is 16.7 Å². The molecule has 0 aliphatic heterocycles. The molecule has 15 heavy (non-hydrogen) atoms. The fraction of sp³-hybridized carbons (Fsp3) is 0.100. The maximum Gasteiger partial charge on any atom is 0.229 e. The van der Waals surface area contributed by atoms with E-state index in [2.05, 4.69) is 9.97 Å². The zero-order valence-corrected chi connectivity index (χ0v) is 8.08. The summed E-state index contributed by atoms with van der Waals surface area (Å²) >= 11 is 0. The molecule has 3 heterocycles. The largest absolute Gasteiger partial charge is 0.295 e. The van der Waals surface area contributed by atoms with Crippen LogP contribution in [0.2, 0.25) is 0 Å². The number of aromatic nitrogens is 4. The van der Waals surface area contributed by atoms with Gasteiger partial charge in [0.25, 0.3) is 0 Å². The normalized spacial score (nSPS) is 11.3. The Kier molecular flexibility index (Phi) is 1.45. The Morgan fingerprint density at radius 3 is 3.00 bits per heavy atom. The van der Waals surface area contributed by atoms with E-state index in [9.17, 15) is 4.79 Å². The van der Waals surface area contributed by atoms with E-state index in [4.69, 9.17) is 0 Å². The van der Waals surface area contributed by atoms with E-state index in [0.29, 0.717) is 5.65 Å². The first kappa shape index (κ1) is 8.16. The van der Waals surface area contributed by atoms with Gasteiger partial charge in [0.2, 0.25) is 5.91 Å². The van der Waals surface area contributed by atoms with Gasteiger partial charge in [-0.25, -0.2) is 9.97 Å². The molecule has 74 valence electrons. The highest BCUT2D eigenvalue weighted by Crippen LogP contribution is 2.14. The molecule has 3 aromatic rings. The van der Waals surface area contributed by atoms with Gasteiger partial charge < -0.3 is 0 Å². The predicted molar refractivity (Wildman–Crippen MR) is 54.8 cm³/mol. The van der Waals surface area contributed by atoms with Crippen molar-refractivity contribution in [3.05, 3.63) is 30.9 Å². The minimum absolute atomic E-state index is 0.0445. The number of hydrogen-bond acceptors (Lipinski definition) is 3. The van der Waals surface area contributed by atoms with Crippen molar-refractivity contribution in [3.63, 3.8) is 0 Å². The molecule has 0 saturated heterocycles. The average molecular weight is 200 g/mol. The molecule has 0 aliphatic carbocycles. The molecular weight excluding hydrogens is 192 g/mol. The Balaban J connectivity index is 2.51. The van der Waals surface area contributed by atoms with Crippen molar-refractivity contribution in [1.82, 2.24) is 18.9 Å². The van der Waals surface area contributed by atoms with E-state index in [1.165, 1.54) is 11.5 Å². The minimum atomic E-state index is -0.0445. The number of hydrogen-bond donors (Lipinski definition) is 0. The van der Waals surface area contributed by atoms with E-state index >= 15 is 0 Å². The first-order valence-corrected chi connectivity index (χ1v) is 4.57. The van der Waals surface area contributed by atoms with E-state index in [-0.39, 0.29) is 5.91 Å². The van der Waals surface area contributed by atoms with Crippen LogP contribution in [0.25, 0.3) is 16.8 Å². The third-order valence-corrected chi connectivity index (χ3v) is 2.41. The predicted octanol–water partition coefficient (Wildman–Crippen LogP) is 1.34. The molecule has 5 nitrogen and oxygen atoms in total. The summed E-state index contributed by atoms with van der Waals surface area (Å²) in [5.74, 6) is -0.0445. The van der Waals surface area contributed by atoms with Crippen LogP contribution in [0.15, 0.2) is 30.9 Å². The van der Waals surface area contributed by atoms with Gasteiger partial charge in [0.1, 0.15) is 0 Å². The molecule has 5 heteroatoms. The lowest BCUT2D eigenvalue weighted by atomic mass is 10.5. The molecule has 0 N–H and O–H groups in total. The summed E-state index contributed by atoms with van der Waals surface area (Å²) in [6, 6.07) is 1.86. The first-order valence-electron chi connectivity index (χ1n) is 4.57. The third kappa shape index (κ3) is 0.999. The van der Waals surface area contributed by atoms with Crippen molar-refractivity contribution in [2.75, 3.05) is 0 Å². The monoisotopic (exact) mass is 200 g/mol. The van der Waals surface area contributed by atoms with Crippen molar-refractivity contribution in [3.8, 4) is 0 Å². The van der Waals surface area contributed by atoms with Gasteiger partial charge in [-0.05, 0) is 6.07 Å². The van der Waals surface area contributed by atoms with Gasteiger partial charge in [0, 0.05) is 25.5 Å². The van der Waals surface area contributed by atoms with Crippen LogP contribution in [-0.2, 0) is 0 Å². The zero-order valence-electron chi connectivity index (χ0n) is 8.08. The number of imidazole rings is 1. The molecule has 0 bridgehead atoms. The van der Waals surface area contributed by atoms with Crippen LogP contribution in [-0.4, -0.2) is 24.8 Å². The number of carbonyl (C=O) groups is 1. The van der Waals surface area contributed by atoms with Crippen molar-refractivity contribution in [1.29, 1.82) is 0 Å². The summed E-state index contributed by atoms with van der Waals surface area (Å²) < 4.78 is 3.43. The van der Waals surface area contributed by atoms with Gasteiger partial charge in [-0.3, -0.25) is 13.8 Å². The van der Waals surface area contributed by atoms with Crippen LogP contribution in [0.3, 0.4) is 0 Å². The van der Waals surface area contributed by atoms with Crippen molar-refractivity contribution < 1.29 is 4.79 Å². The minimum Gasteiger partial charge on any atom is -0.295 e. The van der Waals surface area contributed by atoms with Gasteiger partial charge in [-0.2, -0.15) is 0 Å². The summed E-state index contributed by atoms with van der Waals surface area (Å²) in [5, 5.41) is 0. The summed E-state index contributed by atoms with van der Waals surface area (Å²) in [4.78, 5) is 19.6. The number of fused-ring (bicyclic) bond motifs is 3. The quantitative estimate of drug-likeness (QED) is 0.550. The average Bonchev–Trinajstić information content (AvgIpc) is 2.82. The lowest BCUT2D eigenvalue weighted by Crippen LogP contribution is -2.04. The topological polar surface area (TPSA) is 52.2 Å². The Labute approximate surface area is 85.0 Å². The summed E-state index contributed by atoms with van der Waals surface area (Å²) in [7, 11) is 0. The van der Waals surface area contributed by atoms with Gasteiger partial charge >= 0.3 is 0 Å². The summed E-state index contributed by atoms with van der Waals surface area (Å²) in [5.41, 5.74) is 2.33. The molecule has 0 unspecified atom stereocenters. The van der Waals surface area contributed by atoms with Crippen LogP contribution in [0.5, 0.6) is 0 Å². The second-order valence-electron chi connectivity index (χ2n) is 3.33. The van der Waals surface area contributed by atoms with Crippen LogP contribution in [0.4, 0.5) is 0 Å². The van der Waals surface area contributed by atoms with Crippen LogP contribution >= 0.6 is 0 Å². The summed E-state index contributed by atoms with van der Waals surface area (Å²) in [6.45, 7) is 1.51. The van der Waals surface area contributed by atoms with Gasteiger partial charge in [-0.15, -0.1) is 0 Å². The number of nitrogens with zero attached hydrogens (tertiary/aromatic N) is 4. The molecule has 0 atom stereocenters. The van der Waals surface area contributed by atoms with Gasteiger partial charge in [0.15, 0.2) is 11.3 Å². The first-order chi connectivity index (χ1) is 7.27. The van der Waals surface area contributed by atoms with Crippen LogP contribution in [0, 0.1) is 0 Å². The lowest BCUT2D eigenvalue weighted by molar-refractivity contribution is 0.0941. The molecule has 3 rings (SSSR count). The fourth-order valence-electron chi connectivity index (χ4n) is 1.72. The fourth-order valence-corrected chi connectivity index (χ4v) is 1.72. The van der Waals surface area contributed by atoms with Crippen LogP contribution in [0.1, 0.15) is 11.7 Å². The molecule has 0 fully saturated rings. The maximum atomic E-state index is 11.3. The highest BCUT2D eigenvalue weighted by Gasteiger charge is 2.08. The Morgan fingerprint density at radius 2 is 2.20 bits per heavy atom. The Hall–Kier alpha value is -2.17. The van der Waals surface area contributed by atoms with Crippen molar-refractivity contribution in [2.24, 2.45) is 0 Å². The molecule has 0 saturated carbocycles. The van der Waals surface area contributed by atoms with Gasteiger partial charge in [-0.1, -0.05) is 0 Å². The summed E-state index contributed by atoms with van der Waals surface area (Å²) in [6.07, 6.45) is 6.94. The van der Waals surface area contributed by atoms with Crippen LogP contribution < -0.4 is 0 Å². The van der Waals surface area contributed by atoms with E-state index in [0.717, 1.165) is 11.2 Å². The number of carbonyl (C=O) groups excluding carboxylic acids is 1. The molecule has 0 aromatic carbocycles. The molecule has 3 aromatic heterocycles. The highest BCUT2D eigenvalue weighted by atomic mass is 16.1. The molecular formula is C10H8N4O. The molecule has 0 aliphatic rings. The molecule has 0 radical (unpaired) electrons. The second-order valence-corrected chi connectivity index (χ2v) is 3.33. The lowest BCUT2D eigenvalue weighted by Gasteiger charge is -1.99. The van der Waals surface area contributed by atoms with E-state index < -0.39 is 0 Å². The van der Waals surface area contributed by atoms with Crippen molar-refractivity contribution >= 4 is 22.7 Å².